The summed E-state index contributed by atoms with van der Waals surface area (Å²) in [5.41, 5.74) is 5.82. The molecule has 2 N–H and O–H groups in total. The number of furan rings is 1. The molecule has 2 rings (SSSR count). The third-order valence-corrected chi connectivity index (χ3v) is 3.41. The van der Waals surface area contributed by atoms with Gasteiger partial charge in [-0.1, -0.05) is 12.1 Å². The second-order valence-electron chi connectivity index (χ2n) is 3.68. The summed E-state index contributed by atoms with van der Waals surface area (Å²) in [6.45, 7) is 2.08. The van der Waals surface area contributed by atoms with Crippen LogP contribution in [0.2, 0.25) is 0 Å². The molecule has 0 saturated carbocycles. The van der Waals surface area contributed by atoms with Crippen molar-refractivity contribution in [2.45, 2.75) is 25.1 Å². The topological polar surface area (TPSA) is 78.1 Å². The van der Waals surface area contributed by atoms with Gasteiger partial charge < -0.3 is 14.7 Å². The van der Waals surface area contributed by atoms with E-state index < -0.39 is 0 Å². The van der Waals surface area contributed by atoms with E-state index in [2.05, 4.69) is 17.1 Å². The Morgan fingerprint density at radius 2 is 2.41 bits per heavy atom. The molecule has 0 radical (unpaired) electrons. The zero-order valence-electron chi connectivity index (χ0n) is 9.63. The van der Waals surface area contributed by atoms with Gasteiger partial charge in [-0.25, -0.2) is 0 Å². The Morgan fingerprint density at radius 3 is 3.12 bits per heavy atom. The average molecular weight is 253 g/mol. The number of nitrogens with zero attached hydrogens (tertiary/aromatic N) is 2. The van der Waals surface area contributed by atoms with Crippen molar-refractivity contribution in [1.82, 2.24) is 10.1 Å². The van der Waals surface area contributed by atoms with Gasteiger partial charge in [0, 0.05) is 11.8 Å². The Hall–Kier alpha value is -1.27. The summed E-state index contributed by atoms with van der Waals surface area (Å²) in [6, 6.07) is 3.81. The molecule has 1 atom stereocenters. The van der Waals surface area contributed by atoms with Crippen LogP contribution in [0.3, 0.4) is 0 Å². The lowest BCUT2D eigenvalue weighted by atomic mass is 10.3. The van der Waals surface area contributed by atoms with Crippen molar-refractivity contribution in [2.24, 2.45) is 5.73 Å². The third kappa shape index (κ3) is 3.34. The van der Waals surface area contributed by atoms with Crippen LogP contribution >= 0.6 is 11.8 Å². The first-order valence-corrected chi connectivity index (χ1v) is 6.65. The second kappa shape index (κ2) is 5.88. The molecule has 0 aliphatic carbocycles. The fourth-order valence-electron chi connectivity index (χ4n) is 1.23. The van der Waals surface area contributed by atoms with E-state index in [0.717, 1.165) is 12.2 Å². The summed E-state index contributed by atoms with van der Waals surface area (Å²) in [7, 11) is 0. The predicted octanol–water partition coefficient (Wildman–Crippen LogP) is 2.30. The van der Waals surface area contributed by atoms with Gasteiger partial charge in [0.15, 0.2) is 11.6 Å². The minimum absolute atomic E-state index is 0.233. The van der Waals surface area contributed by atoms with Crippen molar-refractivity contribution in [3.05, 3.63) is 24.2 Å². The van der Waals surface area contributed by atoms with Crippen LogP contribution in [-0.4, -0.2) is 21.9 Å². The Balaban J connectivity index is 1.87. The summed E-state index contributed by atoms with van der Waals surface area (Å²) in [4.78, 5) is 4.24. The molecular weight excluding hydrogens is 238 g/mol. The number of thioether (sulfide) groups is 1. The van der Waals surface area contributed by atoms with E-state index in [-0.39, 0.29) is 6.04 Å². The molecule has 0 aromatic carbocycles. The molecule has 92 valence electrons. The zero-order valence-corrected chi connectivity index (χ0v) is 10.4. The minimum atomic E-state index is 0.233. The van der Waals surface area contributed by atoms with Gasteiger partial charge in [-0.2, -0.15) is 16.7 Å². The van der Waals surface area contributed by atoms with Gasteiger partial charge in [-0.05, 0) is 18.6 Å². The standard InChI is InChI=1S/C11H15N3O2S/c1-2-8(12)6-17-7-10-13-11(16-14-10)9-4-3-5-15-9/h3-5,8H,2,6-7,12H2,1H3. The third-order valence-electron chi connectivity index (χ3n) is 2.29. The Morgan fingerprint density at radius 1 is 1.53 bits per heavy atom. The van der Waals surface area contributed by atoms with Gasteiger partial charge in [0.05, 0.1) is 12.0 Å². The zero-order chi connectivity index (χ0) is 12.1. The molecule has 2 aromatic rings. The second-order valence-corrected chi connectivity index (χ2v) is 4.71. The monoisotopic (exact) mass is 253 g/mol. The van der Waals surface area contributed by atoms with Crippen LogP contribution in [0.25, 0.3) is 11.7 Å². The largest absolute Gasteiger partial charge is 0.459 e. The molecule has 0 aliphatic rings. The van der Waals surface area contributed by atoms with Crippen molar-refractivity contribution in [1.29, 1.82) is 0 Å². The predicted molar refractivity (Wildman–Crippen MR) is 66.4 cm³/mol. The highest BCUT2D eigenvalue weighted by Crippen LogP contribution is 2.19. The number of rotatable bonds is 6. The summed E-state index contributed by atoms with van der Waals surface area (Å²) in [5, 5.41) is 3.89. The van der Waals surface area contributed by atoms with E-state index in [1.807, 2.05) is 0 Å². The van der Waals surface area contributed by atoms with Crippen LogP contribution in [0.4, 0.5) is 0 Å². The molecule has 0 spiro atoms. The normalized spacial score (nSPS) is 12.8. The van der Waals surface area contributed by atoms with E-state index >= 15 is 0 Å². The first kappa shape index (κ1) is 12.2. The molecule has 0 aliphatic heterocycles. The highest BCUT2D eigenvalue weighted by Gasteiger charge is 2.11. The molecule has 0 saturated heterocycles. The van der Waals surface area contributed by atoms with E-state index in [1.165, 1.54) is 0 Å². The Kier molecular flexibility index (Phi) is 4.22. The molecule has 2 heterocycles. The quantitative estimate of drug-likeness (QED) is 0.851. The van der Waals surface area contributed by atoms with Crippen molar-refractivity contribution in [3.8, 4) is 11.7 Å². The van der Waals surface area contributed by atoms with Gasteiger partial charge in [0.2, 0.25) is 0 Å². The average Bonchev–Trinajstić information content (AvgIpc) is 2.98. The van der Waals surface area contributed by atoms with Gasteiger partial charge in [0.25, 0.3) is 5.89 Å². The molecule has 5 nitrogen and oxygen atoms in total. The molecule has 0 fully saturated rings. The van der Waals surface area contributed by atoms with E-state index in [4.69, 9.17) is 14.7 Å². The van der Waals surface area contributed by atoms with Crippen LogP contribution in [0.1, 0.15) is 19.2 Å². The summed E-state index contributed by atoms with van der Waals surface area (Å²) < 4.78 is 10.3. The van der Waals surface area contributed by atoms with Gasteiger partial charge >= 0.3 is 0 Å². The number of hydrogen-bond acceptors (Lipinski definition) is 6. The first-order chi connectivity index (χ1) is 8.29. The van der Waals surface area contributed by atoms with Gasteiger partial charge in [-0.3, -0.25) is 0 Å². The van der Waals surface area contributed by atoms with Crippen LogP contribution in [-0.2, 0) is 5.75 Å². The van der Waals surface area contributed by atoms with E-state index in [0.29, 0.717) is 23.2 Å². The maximum Gasteiger partial charge on any atom is 0.293 e. The van der Waals surface area contributed by atoms with Crippen LogP contribution in [0.15, 0.2) is 27.3 Å². The minimum Gasteiger partial charge on any atom is -0.459 e. The highest BCUT2D eigenvalue weighted by atomic mass is 32.2. The Bertz CT molecular complexity index is 441. The molecule has 2 aromatic heterocycles. The van der Waals surface area contributed by atoms with E-state index in [1.54, 1.807) is 30.2 Å². The Labute approximate surface area is 104 Å². The molecule has 6 heteroatoms. The number of aromatic nitrogens is 2. The highest BCUT2D eigenvalue weighted by molar-refractivity contribution is 7.98. The first-order valence-electron chi connectivity index (χ1n) is 5.49. The molecule has 0 bridgehead atoms. The molecule has 0 amide bonds. The summed E-state index contributed by atoms with van der Waals surface area (Å²) in [6.07, 6.45) is 2.56. The molecule has 17 heavy (non-hydrogen) atoms. The fourth-order valence-corrected chi connectivity index (χ4v) is 2.19. The van der Waals surface area contributed by atoms with Gasteiger partial charge in [0.1, 0.15) is 0 Å². The van der Waals surface area contributed by atoms with E-state index in [9.17, 15) is 0 Å². The van der Waals surface area contributed by atoms with Crippen LogP contribution in [0, 0.1) is 0 Å². The number of hydrogen-bond donors (Lipinski definition) is 1. The van der Waals surface area contributed by atoms with Crippen molar-refractivity contribution < 1.29 is 8.94 Å². The summed E-state index contributed by atoms with van der Waals surface area (Å²) in [5.74, 6) is 3.30. The van der Waals surface area contributed by atoms with Crippen molar-refractivity contribution in [3.63, 3.8) is 0 Å². The number of nitrogens with two attached hydrogens (primary N) is 1. The molecular formula is C11H15N3O2S. The van der Waals surface area contributed by atoms with Crippen LogP contribution < -0.4 is 5.73 Å². The van der Waals surface area contributed by atoms with Gasteiger partial charge in [-0.15, -0.1) is 0 Å². The lowest BCUT2D eigenvalue weighted by Gasteiger charge is -2.05. The maximum absolute atomic E-state index is 5.82. The van der Waals surface area contributed by atoms with Crippen molar-refractivity contribution in [2.75, 3.05) is 5.75 Å². The molecule has 1 unspecified atom stereocenters. The SMILES string of the molecule is CCC(N)CSCc1noc(-c2ccco2)n1. The summed E-state index contributed by atoms with van der Waals surface area (Å²) >= 11 is 1.71. The van der Waals surface area contributed by atoms with Crippen LogP contribution in [0.5, 0.6) is 0 Å². The maximum atomic E-state index is 5.82. The van der Waals surface area contributed by atoms with Crippen molar-refractivity contribution >= 4 is 11.8 Å². The fraction of sp³-hybridized carbons (Fsp3) is 0.455. The lowest BCUT2D eigenvalue weighted by Crippen LogP contribution is -2.21. The lowest BCUT2D eigenvalue weighted by molar-refractivity contribution is 0.411. The smallest absolute Gasteiger partial charge is 0.293 e.